The van der Waals surface area contributed by atoms with Crippen LogP contribution < -0.4 is 5.32 Å². The Hall–Kier alpha value is -0.0400. The average Bonchev–Trinajstić information content (AvgIpc) is 3.04. The SMILES string of the molecule is CCCCC(CC)CNCC1(C(C)C)CC1. The molecule has 1 fully saturated rings. The Balaban J connectivity index is 2.13. The fraction of sp³-hybridized carbons (Fsp3) is 1.00. The van der Waals surface area contributed by atoms with Crippen molar-refractivity contribution in [3.8, 4) is 0 Å². The molecule has 0 aromatic carbocycles. The van der Waals surface area contributed by atoms with Crippen LogP contribution >= 0.6 is 0 Å². The van der Waals surface area contributed by atoms with Gasteiger partial charge in [0.25, 0.3) is 0 Å². The monoisotopic (exact) mass is 225 g/mol. The third-order valence-corrected chi connectivity index (χ3v) is 4.57. The first kappa shape index (κ1) is 14.0. The molecule has 0 aliphatic heterocycles. The van der Waals surface area contributed by atoms with Crippen molar-refractivity contribution in [2.24, 2.45) is 17.3 Å². The van der Waals surface area contributed by atoms with Crippen LogP contribution in [0.1, 0.15) is 66.2 Å². The molecule has 96 valence electrons. The summed E-state index contributed by atoms with van der Waals surface area (Å²) in [7, 11) is 0. The number of nitrogens with one attached hydrogen (secondary N) is 1. The van der Waals surface area contributed by atoms with Crippen LogP contribution in [-0.2, 0) is 0 Å². The van der Waals surface area contributed by atoms with Crippen LogP contribution in [0.2, 0.25) is 0 Å². The zero-order valence-corrected chi connectivity index (χ0v) is 11.8. The molecule has 0 aromatic heterocycles. The maximum Gasteiger partial charge on any atom is 0.00104 e. The van der Waals surface area contributed by atoms with Crippen molar-refractivity contribution in [3.05, 3.63) is 0 Å². The molecule has 0 radical (unpaired) electrons. The Morgan fingerprint density at radius 2 is 1.88 bits per heavy atom. The highest BCUT2D eigenvalue weighted by atomic mass is 14.9. The van der Waals surface area contributed by atoms with Gasteiger partial charge < -0.3 is 5.32 Å². The van der Waals surface area contributed by atoms with Crippen LogP contribution in [0.3, 0.4) is 0 Å². The quantitative estimate of drug-likeness (QED) is 0.619. The molecule has 0 saturated heterocycles. The molecule has 1 unspecified atom stereocenters. The van der Waals surface area contributed by atoms with Crippen molar-refractivity contribution in [2.75, 3.05) is 13.1 Å². The van der Waals surface area contributed by atoms with Crippen molar-refractivity contribution in [2.45, 2.75) is 66.2 Å². The highest BCUT2D eigenvalue weighted by molar-refractivity contribution is 4.97. The Morgan fingerprint density at radius 3 is 2.31 bits per heavy atom. The Morgan fingerprint density at radius 1 is 1.19 bits per heavy atom. The van der Waals surface area contributed by atoms with E-state index in [0.29, 0.717) is 5.41 Å². The summed E-state index contributed by atoms with van der Waals surface area (Å²) in [6.45, 7) is 11.9. The van der Waals surface area contributed by atoms with Gasteiger partial charge in [-0.1, -0.05) is 47.0 Å². The topological polar surface area (TPSA) is 12.0 Å². The highest BCUT2D eigenvalue weighted by Gasteiger charge is 2.44. The second-order valence-corrected chi connectivity index (χ2v) is 6.06. The zero-order chi connectivity index (χ0) is 12.0. The minimum atomic E-state index is 0.670. The normalized spacial score (nSPS) is 20.1. The Kier molecular flexibility index (Phi) is 5.82. The van der Waals surface area contributed by atoms with Crippen molar-refractivity contribution in [3.63, 3.8) is 0 Å². The second kappa shape index (κ2) is 6.64. The van der Waals surface area contributed by atoms with Gasteiger partial charge in [0.05, 0.1) is 0 Å². The molecule has 0 spiro atoms. The van der Waals surface area contributed by atoms with Gasteiger partial charge in [-0.15, -0.1) is 0 Å². The van der Waals surface area contributed by atoms with Gasteiger partial charge in [0.1, 0.15) is 0 Å². The lowest BCUT2D eigenvalue weighted by Gasteiger charge is -2.22. The summed E-state index contributed by atoms with van der Waals surface area (Å²) < 4.78 is 0. The molecule has 1 nitrogen and oxygen atoms in total. The van der Waals surface area contributed by atoms with Gasteiger partial charge in [-0.05, 0) is 43.1 Å². The Labute approximate surface area is 102 Å². The summed E-state index contributed by atoms with van der Waals surface area (Å²) in [5.74, 6) is 1.76. The lowest BCUT2D eigenvalue weighted by atomic mass is 9.92. The van der Waals surface area contributed by atoms with Crippen molar-refractivity contribution in [1.29, 1.82) is 0 Å². The summed E-state index contributed by atoms with van der Waals surface area (Å²) in [4.78, 5) is 0. The van der Waals surface area contributed by atoms with E-state index in [9.17, 15) is 0 Å². The maximum atomic E-state index is 3.73. The predicted octanol–water partition coefficient (Wildman–Crippen LogP) is 4.23. The molecule has 1 aliphatic rings. The fourth-order valence-corrected chi connectivity index (χ4v) is 2.59. The van der Waals surface area contributed by atoms with E-state index in [1.165, 1.54) is 51.6 Å². The second-order valence-electron chi connectivity index (χ2n) is 6.06. The molecule has 1 heteroatoms. The molecule has 1 saturated carbocycles. The summed E-state index contributed by atoms with van der Waals surface area (Å²) in [6.07, 6.45) is 8.38. The van der Waals surface area contributed by atoms with Crippen LogP contribution in [0.5, 0.6) is 0 Å². The molecule has 0 amide bonds. The van der Waals surface area contributed by atoms with E-state index in [2.05, 4.69) is 33.0 Å². The van der Waals surface area contributed by atoms with E-state index in [0.717, 1.165) is 11.8 Å². The van der Waals surface area contributed by atoms with E-state index < -0.39 is 0 Å². The number of rotatable bonds is 9. The molecule has 1 N–H and O–H groups in total. The van der Waals surface area contributed by atoms with E-state index in [1.807, 2.05) is 0 Å². The van der Waals surface area contributed by atoms with Gasteiger partial charge in [0.2, 0.25) is 0 Å². The predicted molar refractivity (Wildman–Crippen MR) is 72.7 cm³/mol. The summed E-state index contributed by atoms with van der Waals surface area (Å²) in [6, 6.07) is 0. The molecule has 0 bridgehead atoms. The third-order valence-electron chi connectivity index (χ3n) is 4.57. The first-order valence-corrected chi connectivity index (χ1v) is 7.35. The van der Waals surface area contributed by atoms with E-state index in [-0.39, 0.29) is 0 Å². The molecule has 1 aliphatic carbocycles. The van der Waals surface area contributed by atoms with Crippen LogP contribution in [0.15, 0.2) is 0 Å². The number of hydrogen-bond donors (Lipinski definition) is 1. The lowest BCUT2D eigenvalue weighted by Crippen LogP contribution is -2.31. The molecule has 0 heterocycles. The highest BCUT2D eigenvalue weighted by Crippen LogP contribution is 2.51. The average molecular weight is 225 g/mol. The van der Waals surface area contributed by atoms with E-state index >= 15 is 0 Å². The first-order valence-electron chi connectivity index (χ1n) is 7.35. The molecule has 1 atom stereocenters. The molecular formula is C15H31N. The molecular weight excluding hydrogens is 194 g/mol. The summed E-state index contributed by atoms with van der Waals surface area (Å²) in [5.41, 5.74) is 0.670. The number of unbranched alkanes of at least 4 members (excludes halogenated alkanes) is 1. The standard InChI is InChI=1S/C15H31N/c1-5-7-8-14(6-2)11-16-12-15(9-10-15)13(3)4/h13-14,16H,5-12H2,1-4H3. The summed E-state index contributed by atoms with van der Waals surface area (Å²) >= 11 is 0. The van der Waals surface area contributed by atoms with Crippen molar-refractivity contribution >= 4 is 0 Å². The molecule has 16 heavy (non-hydrogen) atoms. The van der Waals surface area contributed by atoms with Crippen molar-refractivity contribution in [1.82, 2.24) is 5.32 Å². The summed E-state index contributed by atoms with van der Waals surface area (Å²) in [5, 5.41) is 3.73. The smallest absolute Gasteiger partial charge is 0.00104 e. The number of hydrogen-bond acceptors (Lipinski definition) is 1. The fourth-order valence-electron chi connectivity index (χ4n) is 2.59. The molecule has 1 rings (SSSR count). The maximum absolute atomic E-state index is 3.73. The van der Waals surface area contributed by atoms with Crippen LogP contribution in [0.4, 0.5) is 0 Å². The van der Waals surface area contributed by atoms with Gasteiger partial charge in [0, 0.05) is 6.54 Å². The van der Waals surface area contributed by atoms with E-state index in [4.69, 9.17) is 0 Å². The Bertz CT molecular complexity index is 182. The van der Waals surface area contributed by atoms with Gasteiger partial charge >= 0.3 is 0 Å². The van der Waals surface area contributed by atoms with Gasteiger partial charge in [-0.2, -0.15) is 0 Å². The minimum absolute atomic E-state index is 0.670. The van der Waals surface area contributed by atoms with Crippen LogP contribution in [0.25, 0.3) is 0 Å². The minimum Gasteiger partial charge on any atom is -0.316 e. The lowest BCUT2D eigenvalue weighted by molar-refractivity contribution is 0.318. The zero-order valence-electron chi connectivity index (χ0n) is 11.8. The van der Waals surface area contributed by atoms with Gasteiger partial charge in [-0.3, -0.25) is 0 Å². The molecule has 0 aromatic rings. The third kappa shape index (κ3) is 4.08. The first-order chi connectivity index (χ1) is 7.64. The largest absolute Gasteiger partial charge is 0.316 e. The van der Waals surface area contributed by atoms with Crippen LogP contribution in [0, 0.1) is 17.3 Å². The van der Waals surface area contributed by atoms with E-state index in [1.54, 1.807) is 0 Å². The van der Waals surface area contributed by atoms with Crippen LogP contribution in [-0.4, -0.2) is 13.1 Å². The van der Waals surface area contributed by atoms with Gasteiger partial charge in [-0.25, -0.2) is 0 Å². The van der Waals surface area contributed by atoms with Gasteiger partial charge in [0.15, 0.2) is 0 Å². The van der Waals surface area contributed by atoms with Crippen molar-refractivity contribution < 1.29 is 0 Å².